The van der Waals surface area contributed by atoms with Gasteiger partial charge in [-0.05, 0) is 24.1 Å². The van der Waals surface area contributed by atoms with Gasteiger partial charge in [0.2, 0.25) is 0 Å². The summed E-state index contributed by atoms with van der Waals surface area (Å²) in [5.74, 6) is 2.29. The Balaban J connectivity index is 2.82. The largest absolute Gasteiger partial charge is 0.493 e. The highest BCUT2D eigenvalue weighted by atomic mass is 32.1. The first-order valence-electron chi connectivity index (χ1n) is 4.72. The van der Waals surface area contributed by atoms with Gasteiger partial charge < -0.3 is 9.47 Å². The quantitative estimate of drug-likeness (QED) is 0.756. The minimum atomic E-state index is 0.602. The average Bonchev–Trinajstić information content (AvgIpc) is 2.26. The average molecular weight is 212 g/mol. The second-order valence-electron chi connectivity index (χ2n) is 2.91. The zero-order chi connectivity index (χ0) is 10.4. The molecular weight excluding hydrogens is 196 g/mol. The molecule has 0 fully saturated rings. The Kier molecular flexibility index (Phi) is 4.66. The van der Waals surface area contributed by atoms with Gasteiger partial charge >= 0.3 is 0 Å². The zero-order valence-electron chi connectivity index (χ0n) is 8.62. The third-order valence-corrected chi connectivity index (χ3v) is 2.17. The van der Waals surface area contributed by atoms with Gasteiger partial charge in [0, 0.05) is 5.75 Å². The van der Waals surface area contributed by atoms with Crippen molar-refractivity contribution >= 4 is 12.6 Å². The van der Waals surface area contributed by atoms with E-state index in [1.54, 1.807) is 7.11 Å². The molecule has 3 heteroatoms. The van der Waals surface area contributed by atoms with Crippen molar-refractivity contribution in [3.63, 3.8) is 0 Å². The molecule has 1 rings (SSSR count). The van der Waals surface area contributed by atoms with E-state index in [9.17, 15) is 0 Å². The van der Waals surface area contributed by atoms with Crippen LogP contribution in [0.2, 0.25) is 0 Å². The molecule has 0 bridgehead atoms. The van der Waals surface area contributed by atoms with Crippen LogP contribution in [0.5, 0.6) is 11.5 Å². The Morgan fingerprint density at radius 1 is 1.29 bits per heavy atom. The summed E-state index contributed by atoms with van der Waals surface area (Å²) in [6.45, 7) is 2.72. The number of thiol groups is 1. The Morgan fingerprint density at radius 3 is 2.64 bits per heavy atom. The standard InChI is InChI=1S/C11H16O2S/c1-3-9-4-5-10(13-6-7-14)11(8-9)12-2/h4-5,8,14H,3,6-7H2,1-2H3. The minimum Gasteiger partial charge on any atom is -0.493 e. The van der Waals surface area contributed by atoms with Gasteiger partial charge in [-0.15, -0.1) is 0 Å². The van der Waals surface area contributed by atoms with Crippen molar-refractivity contribution in [3.8, 4) is 11.5 Å². The first kappa shape index (κ1) is 11.2. The van der Waals surface area contributed by atoms with E-state index in [0.717, 1.165) is 17.9 Å². The van der Waals surface area contributed by atoms with Crippen molar-refractivity contribution in [2.45, 2.75) is 13.3 Å². The summed E-state index contributed by atoms with van der Waals surface area (Å²) in [6.07, 6.45) is 1.00. The summed E-state index contributed by atoms with van der Waals surface area (Å²) in [7, 11) is 1.66. The molecule has 0 amide bonds. The van der Waals surface area contributed by atoms with E-state index in [4.69, 9.17) is 9.47 Å². The first-order valence-corrected chi connectivity index (χ1v) is 5.35. The second kappa shape index (κ2) is 5.81. The van der Waals surface area contributed by atoms with Crippen LogP contribution < -0.4 is 9.47 Å². The topological polar surface area (TPSA) is 18.5 Å². The van der Waals surface area contributed by atoms with Crippen LogP contribution in [0.4, 0.5) is 0 Å². The van der Waals surface area contributed by atoms with Gasteiger partial charge in [-0.3, -0.25) is 0 Å². The van der Waals surface area contributed by atoms with Gasteiger partial charge in [-0.1, -0.05) is 13.0 Å². The minimum absolute atomic E-state index is 0.602. The summed E-state index contributed by atoms with van der Waals surface area (Å²) >= 11 is 4.09. The van der Waals surface area contributed by atoms with Crippen molar-refractivity contribution in [1.82, 2.24) is 0 Å². The van der Waals surface area contributed by atoms with E-state index in [1.807, 2.05) is 12.1 Å². The van der Waals surface area contributed by atoms with Gasteiger partial charge in [0.05, 0.1) is 13.7 Å². The number of ether oxygens (including phenoxy) is 2. The van der Waals surface area contributed by atoms with Crippen LogP contribution in [-0.4, -0.2) is 19.5 Å². The SMILES string of the molecule is CCc1ccc(OCCS)c(OC)c1. The van der Waals surface area contributed by atoms with Crippen molar-refractivity contribution < 1.29 is 9.47 Å². The molecule has 14 heavy (non-hydrogen) atoms. The summed E-state index contributed by atoms with van der Waals surface area (Å²) in [5.41, 5.74) is 1.25. The lowest BCUT2D eigenvalue weighted by molar-refractivity contribution is 0.313. The molecular formula is C11H16O2S. The lowest BCUT2D eigenvalue weighted by atomic mass is 10.1. The number of hydrogen-bond donors (Lipinski definition) is 1. The van der Waals surface area contributed by atoms with Crippen LogP contribution in [0.25, 0.3) is 0 Å². The van der Waals surface area contributed by atoms with Crippen LogP contribution in [0.1, 0.15) is 12.5 Å². The molecule has 1 aromatic carbocycles. The normalized spacial score (nSPS) is 9.93. The second-order valence-corrected chi connectivity index (χ2v) is 3.36. The number of methoxy groups -OCH3 is 1. The Labute approximate surface area is 90.6 Å². The lowest BCUT2D eigenvalue weighted by Crippen LogP contribution is -2.00. The molecule has 0 aliphatic rings. The highest BCUT2D eigenvalue weighted by molar-refractivity contribution is 7.80. The van der Waals surface area contributed by atoms with Gasteiger partial charge in [0.1, 0.15) is 0 Å². The number of rotatable bonds is 5. The van der Waals surface area contributed by atoms with Crippen molar-refractivity contribution in [2.24, 2.45) is 0 Å². The summed E-state index contributed by atoms with van der Waals surface area (Å²) in [6, 6.07) is 6.01. The van der Waals surface area contributed by atoms with E-state index in [1.165, 1.54) is 5.56 Å². The molecule has 0 saturated heterocycles. The number of aryl methyl sites for hydroxylation is 1. The van der Waals surface area contributed by atoms with Gasteiger partial charge in [-0.2, -0.15) is 12.6 Å². The first-order chi connectivity index (χ1) is 6.81. The molecule has 0 saturated carbocycles. The molecule has 2 nitrogen and oxygen atoms in total. The lowest BCUT2D eigenvalue weighted by Gasteiger charge is -2.10. The summed E-state index contributed by atoms with van der Waals surface area (Å²) in [4.78, 5) is 0. The monoisotopic (exact) mass is 212 g/mol. The molecule has 0 spiro atoms. The van der Waals surface area contributed by atoms with Crippen molar-refractivity contribution in [2.75, 3.05) is 19.5 Å². The molecule has 0 aliphatic heterocycles. The molecule has 1 aromatic rings. The third-order valence-electron chi connectivity index (χ3n) is 1.99. The Hall–Kier alpha value is -0.830. The van der Waals surface area contributed by atoms with Gasteiger partial charge in [0.25, 0.3) is 0 Å². The fourth-order valence-electron chi connectivity index (χ4n) is 1.21. The molecule has 0 heterocycles. The predicted molar refractivity (Wildman–Crippen MR) is 61.7 cm³/mol. The van der Waals surface area contributed by atoms with Crippen LogP contribution in [-0.2, 0) is 6.42 Å². The van der Waals surface area contributed by atoms with E-state index < -0.39 is 0 Å². The maximum atomic E-state index is 5.48. The predicted octanol–water partition coefficient (Wildman–Crippen LogP) is 2.57. The van der Waals surface area contributed by atoms with E-state index in [-0.39, 0.29) is 0 Å². The van der Waals surface area contributed by atoms with Crippen molar-refractivity contribution in [1.29, 1.82) is 0 Å². The maximum Gasteiger partial charge on any atom is 0.161 e. The third kappa shape index (κ3) is 2.84. The molecule has 0 unspecified atom stereocenters. The van der Waals surface area contributed by atoms with Crippen LogP contribution in [0.3, 0.4) is 0 Å². The van der Waals surface area contributed by atoms with Gasteiger partial charge in [0.15, 0.2) is 11.5 Å². The molecule has 0 radical (unpaired) electrons. The smallest absolute Gasteiger partial charge is 0.161 e. The number of hydrogen-bond acceptors (Lipinski definition) is 3. The summed E-state index contributed by atoms with van der Waals surface area (Å²) in [5, 5.41) is 0. The zero-order valence-corrected chi connectivity index (χ0v) is 9.51. The van der Waals surface area contributed by atoms with Crippen LogP contribution in [0, 0.1) is 0 Å². The fourth-order valence-corrected chi connectivity index (χ4v) is 1.30. The molecule has 0 N–H and O–H groups in total. The summed E-state index contributed by atoms with van der Waals surface area (Å²) < 4.78 is 10.7. The molecule has 0 aromatic heterocycles. The molecule has 78 valence electrons. The highest BCUT2D eigenvalue weighted by Crippen LogP contribution is 2.28. The van der Waals surface area contributed by atoms with Crippen molar-refractivity contribution in [3.05, 3.63) is 23.8 Å². The van der Waals surface area contributed by atoms with E-state index >= 15 is 0 Å². The van der Waals surface area contributed by atoms with E-state index in [2.05, 4.69) is 25.6 Å². The van der Waals surface area contributed by atoms with Crippen LogP contribution >= 0.6 is 12.6 Å². The molecule has 0 aliphatic carbocycles. The molecule has 0 atom stereocenters. The van der Waals surface area contributed by atoms with Gasteiger partial charge in [-0.25, -0.2) is 0 Å². The Morgan fingerprint density at radius 2 is 2.07 bits per heavy atom. The number of benzene rings is 1. The Bertz CT molecular complexity index is 287. The fraction of sp³-hybridized carbons (Fsp3) is 0.455. The maximum absolute atomic E-state index is 5.48. The van der Waals surface area contributed by atoms with Crippen LogP contribution in [0.15, 0.2) is 18.2 Å². The highest BCUT2D eigenvalue weighted by Gasteiger charge is 2.04. The van der Waals surface area contributed by atoms with E-state index in [0.29, 0.717) is 12.4 Å².